The third kappa shape index (κ3) is 3.42. The molecule has 0 spiro atoms. The Morgan fingerprint density at radius 3 is 2.71 bits per heavy atom. The number of nitrogens with zero attached hydrogens (tertiary/aromatic N) is 1. The standard InChI is InChI=1S/C16H22N4O/c1-10(2)14-13(17)15(20-19-14)16(21)18-9-8-12-7-5-4-6-11(12)3/h4-7,10H,8-9,17H2,1-3H3,(H,18,21)(H,19,20). The monoisotopic (exact) mass is 286 g/mol. The Morgan fingerprint density at radius 1 is 1.38 bits per heavy atom. The van der Waals surface area contributed by atoms with Gasteiger partial charge in [0.1, 0.15) is 0 Å². The van der Waals surface area contributed by atoms with Crippen molar-refractivity contribution in [1.29, 1.82) is 0 Å². The highest BCUT2D eigenvalue weighted by atomic mass is 16.1. The van der Waals surface area contributed by atoms with E-state index in [-0.39, 0.29) is 17.5 Å². The Bertz CT molecular complexity index is 631. The summed E-state index contributed by atoms with van der Waals surface area (Å²) in [6.45, 7) is 6.64. The summed E-state index contributed by atoms with van der Waals surface area (Å²) in [6, 6.07) is 8.15. The molecule has 21 heavy (non-hydrogen) atoms. The number of aromatic amines is 1. The molecule has 0 atom stereocenters. The Morgan fingerprint density at radius 2 is 2.10 bits per heavy atom. The maximum Gasteiger partial charge on any atom is 0.273 e. The van der Waals surface area contributed by atoms with Crippen molar-refractivity contribution in [2.75, 3.05) is 12.3 Å². The lowest BCUT2D eigenvalue weighted by atomic mass is 10.1. The van der Waals surface area contributed by atoms with Crippen molar-refractivity contribution in [2.24, 2.45) is 0 Å². The number of nitrogens with one attached hydrogen (secondary N) is 2. The molecule has 5 nitrogen and oxygen atoms in total. The van der Waals surface area contributed by atoms with E-state index in [1.54, 1.807) is 0 Å². The Kier molecular flexibility index (Phi) is 4.62. The van der Waals surface area contributed by atoms with Crippen LogP contribution in [0.1, 0.15) is 47.1 Å². The van der Waals surface area contributed by atoms with Gasteiger partial charge in [0, 0.05) is 6.54 Å². The first-order chi connectivity index (χ1) is 10.0. The van der Waals surface area contributed by atoms with E-state index in [9.17, 15) is 4.79 Å². The van der Waals surface area contributed by atoms with Crippen molar-refractivity contribution < 1.29 is 4.79 Å². The summed E-state index contributed by atoms with van der Waals surface area (Å²) < 4.78 is 0. The summed E-state index contributed by atoms with van der Waals surface area (Å²) in [7, 11) is 0. The molecule has 4 N–H and O–H groups in total. The number of benzene rings is 1. The number of nitrogens with two attached hydrogens (primary N) is 1. The number of nitrogen functional groups attached to an aromatic ring is 1. The van der Waals surface area contributed by atoms with Gasteiger partial charge in [0.15, 0.2) is 5.69 Å². The van der Waals surface area contributed by atoms with Gasteiger partial charge < -0.3 is 11.1 Å². The van der Waals surface area contributed by atoms with Gasteiger partial charge >= 0.3 is 0 Å². The Hall–Kier alpha value is -2.30. The van der Waals surface area contributed by atoms with Gasteiger partial charge in [-0.25, -0.2) is 0 Å². The summed E-state index contributed by atoms with van der Waals surface area (Å²) in [6.07, 6.45) is 0.791. The first-order valence-electron chi connectivity index (χ1n) is 7.17. The molecule has 0 radical (unpaired) electrons. The number of hydrogen-bond donors (Lipinski definition) is 3. The van der Waals surface area contributed by atoms with E-state index in [0.717, 1.165) is 12.1 Å². The van der Waals surface area contributed by atoms with Crippen LogP contribution in [0.2, 0.25) is 0 Å². The molecule has 0 bridgehead atoms. The van der Waals surface area contributed by atoms with E-state index in [4.69, 9.17) is 5.73 Å². The number of rotatable bonds is 5. The number of amides is 1. The molecule has 0 aliphatic heterocycles. The fourth-order valence-electron chi connectivity index (χ4n) is 2.26. The molecule has 1 amide bonds. The lowest BCUT2D eigenvalue weighted by Gasteiger charge is -2.07. The van der Waals surface area contributed by atoms with Crippen molar-refractivity contribution >= 4 is 11.6 Å². The summed E-state index contributed by atoms with van der Waals surface area (Å²) in [4.78, 5) is 12.1. The van der Waals surface area contributed by atoms with Crippen molar-refractivity contribution in [3.63, 3.8) is 0 Å². The van der Waals surface area contributed by atoms with E-state index in [1.165, 1.54) is 11.1 Å². The van der Waals surface area contributed by atoms with E-state index < -0.39 is 0 Å². The summed E-state index contributed by atoms with van der Waals surface area (Å²) in [5, 5.41) is 9.72. The number of carbonyl (C=O) groups is 1. The number of aryl methyl sites for hydroxylation is 1. The molecule has 112 valence electrons. The van der Waals surface area contributed by atoms with E-state index in [1.807, 2.05) is 26.0 Å². The molecule has 0 saturated heterocycles. The minimum Gasteiger partial charge on any atom is -0.395 e. The average molecular weight is 286 g/mol. The lowest BCUT2D eigenvalue weighted by molar-refractivity contribution is 0.0950. The Labute approximate surface area is 124 Å². The minimum absolute atomic E-state index is 0.214. The fraction of sp³-hybridized carbons (Fsp3) is 0.375. The van der Waals surface area contributed by atoms with Crippen molar-refractivity contribution in [2.45, 2.75) is 33.1 Å². The zero-order chi connectivity index (χ0) is 15.4. The maximum atomic E-state index is 12.1. The second-order valence-corrected chi connectivity index (χ2v) is 5.49. The largest absolute Gasteiger partial charge is 0.395 e. The maximum absolute atomic E-state index is 12.1. The zero-order valence-corrected chi connectivity index (χ0v) is 12.7. The summed E-state index contributed by atoms with van der Waals surface area (Å²) in [5.41, 5.74) is 9.95. The zero-order valence-electron chi connectivity index (χ0n) is 12.7. The van der Waals surface area contributed by atoms with E-state index >= 15 is 0 Å². The van der Waals surface area contributed by atoms with Crippen LogP contribution in [0.15, 0.2) is 24.3 Å². The molecule has 2 rings (SSSR count). The molecule has 0 fully saturated rings. The van der Waals surface area contributed by atoms with Gasteiger partial charge in [-0.15, -0.1) is 0 Å². The highest BCUT2D eigenvalue weighted by Crippen LogP contribution is 2.21. The molecular formula is C16H22N4O. The molecule has 0 aliphatic rings. The fourth-order valence-corrected chi connectivity index (χ4v) is 2.26. The quantitative estimate of drug-likeness (QED) is 0.789. The molecule has 0 aliphatic carbocycles. The average Bonchev–Trinajstić information content (AvgIpc) is 2.83. The number of aromatic nitrogens is 2. The molecule has 0 unspecified atom stereocenters. The molecule has 0 saturated carbocycles. The molecular weight excluding hydrogens is 264 g/mol. The second-order valence-electron chi connectivity index (χ2n) is 5.49. The van der Waals surface area contributed by atoms with Crippen LogP contribution in [0.5, 0.6) is 0 Å². The van der Waals surface area contributed by atoms with Crippen LogP contribution in [0.4, 0.5) is 5.69 Å². The molecule has 1 aromatic carbocycles. The van der Waals surface area contributed by atoms with Gasteiger partial charge in [0.05, 0.1) is 11.4 Å². The van der Waals surface area contributed by atoms with Crippen LogP contribution in [0, 0.1) is 6.92 Å². The van der Waals surface area contributed by atoms with E-state index in [0.29, 0.717) is 12.2 Å². The number of anilines is 1. The van der Waals surface area contributed by atoms with Crippen LogP contribution in [-0.2, 0) is 6.42 Å². The normalized spacial score (nSPS) is 10.9. The van der Waals surface area contributed by atoms with Gasteiger partial charge in [0.2, 0.25) is 0 Å². The number of hydrogen-bond acceptors (Lipinski definition) is 3. The predicted molar refractivity (Wildman–Crippen MR) is 84.3 cm³/mol. The third-order valence-electron chi connectivity index (χ3n) is 3.57. The molecule has 1 heterocycles. The van der Waals surface area contributed by atoms with Crippen LogP contribution in [-0.4, -0.2) is 22.6 Å². The Balaban J connectivity index is 1.95. The number of H-pyrrole nitrogens is 1. The van der Waals surface area contributed by atoms with Crippen LogP contribution in [0.3, 0.4) is 0 Å². The van der Waals surface area contributed by atoms with Crippen LogP contribution in [0.25, 0.3) is 0 Å². The van der Waals surface area contributed by atoms with Crippen molar-refractivity contribution in [3.8, 4) is 0 Å². The van der Waals surface area contributed by atoms with Crippen LogP contribution < -0.4 is 11.1 Å². The lowest BCUT2D eigenvalue weighted by Crippen LogP contribution is -2.27. The topological polar surface area (TPSA) is 83.8 Å². The second kappa shape index (κ2) is 6.43. The summed E-state index contributed by atoms with van der Waals surface area (Å²) >= 11 is 0. The van der Waals surface area contributed by atoms with Gasteiger partial charge in [-0.2, -0.15) is 5.10 Å². The summed E-state index contributed by atoms with van der Waals surface area (Å²) in [5.74, 6) is -0.0183. The van der Waals surface area contributed by atoms with Crippen molar-refractivity contribution in [3.05, 3.63) is 46.8 Å². The smallest absolute Gasteiger partial charge is 0.273 e. The first-order valence-corrected chi connectivity index (χ1v) is 7.17. The third-order valence-corrected chi connectivity index (χ3v) is 3.57. The predicted octanol–water partition coefficient (Wildman–Crippen LogP) is 2.40. The van der Waals surface area contributed by atoms with Gasteiger partial charge in [-0.05, 0) is 30.4 Å². The highest BCUT2D eigenvalue weighted by Gasteiger charge is 2.18. The number of carbonyl (C=O) groups excluding carboxylic acids is 1. The first kappa shape index (κ1) is 15.1. The van der Waals surface area contributed by atoms with E-state index in [2.05, 4.69) is 34.6 Å². The SMILES string of the molecule is Cc1ccccc1CCNC(=O)c1n[nH]c(C(C)C)c1N. The molecule has 2 aromatic rings. The van der Waals surface area contributed by atoms with Gasteiger partial charge in [-0.1, -0.05) is 38.1 Å². The van der Waals surface area contributed by atoms with Gasteiger partial charge in [0.25, 0.3) is 5.91 Å². The highest BCUT2D eigenvalue weighted by molar-refractivity contribution is 5.97. The molecule has 5 heteroatoms. The van der Waals surface area contributed by atoms with Crippen molar-refractivity contribution in [1.82, 2.24) is 15.5 Å². The molecule has 1 aromatic heterocycles. The van der Waals surface area contributed by atoms with Crippen LogP contribution >= 0.6 is 0 Å². The van der Waals surface area contributed by atoms with Gasteiger partial charge in [-0.3, -0.25) is 9.89 Å². The minimum atomic E-state index is -0.232.